The molecule has 0 saturated heterocycles. The Morgan fingerprint density at radius 3 is 2.35 bits per heavy atom. The predicted molar refractivity (Wildman–Crippen MR) is 81.3 cm³/mol. The van der Waals surface area contributed by atoms with Gasteiger partial charge in [-0.15, -0.1) is 0 Å². The number of nitrogens with zero attached hydrogens (tertiary/aromatic N) is 2. The normalized spacial score (nSPS) is 11.6. The highest BCUT2D eigenvalue weighted by Gasteiger charge is 2.22. The molecule has 23 heavy (non-hydrogen) atoms. The van der Waals surface area contributed by atoms with E-state index in [-0.39, 0.29) is 22.8 Å². The second kappa shape index (κ2) is 7.59. The number of aromatic nitrogens is 2. The molecule has 0 amide bonds. The van der Waals surface area contributed by atoms with Crippen LogP contribution in [0.1, 0.15) is 26.7 Å². The summed E-state index contributed by atoms with van der Waals surface area (Å²) in [5.74, 6) is -1.36. The Morgan fingerprint density at radius 2 is 1.74 bits per heavy atom. The fourth-order valence-corrected chi connectivity index (χ4v) is 2.77. The standard InChI is InChI=1S/C15H14N2O5S/c1-21-14(18)11-8-16-12(17-13(11)15(19)22-2)9-23(20)10-6-4-3-5-7-10/h3-8H,9H2,1-2H3. The van der Waals surface area contributed by atoms with Gasteiger partial charge in [0.2, 0.25) is 0 Å². The monoisotopic (exact) mass is 334 g/mol. The van der Waals surface area contributed by atoms with E-state index in [1.165, 1.54) is 20.4 Å². The molecule has 1 heterocycles. The Bertz CT molecular complexity index is 749. The van der Waals surface area contributed by atoms with Crippen molar-refractivity contribution in [2.45, 2.75) is 10.6 Å². The average Bonchev–Trinajstić information content (AvgIpc) is 2.61. The van der Waals surface area contributed by atoms with E-state index in [1.807, 2.05) is 6.07 Å². The molecule has 0 radical (unpaired) electrons. The molecule has 8 heteroatoms. The van der Waals surface area contributed by atoms with Crippen molar-refractivity contribution in [3.05, 3.63) is 53.6 Å². The van der Waals surface area contributed by atoms with Crippen LogP contribution in [0.3, 0.4) is 0 Å². The number of carbonyl (C=O) groups excluding carboxylic acids is 2. The molecule has 120 valence electrons. The highest BCUT2D eigenvalue weighted by atomic mass is 32.2. The summed E-state index contributed by atoms with van der Waals surface area (Å²) in [7, 11) is 0.986. The van der Waals surface area contributed by atoms with Crippen LogP contribution in [-0.2, 0) is 26.0 Å². The van der Waals surface area contributed by atoms with E-state index >= 15 is 0 Å². The third-order valence-electron chi connectivity index (χ3n) is 2.89. The van der Waals surface area contributed by atoms with Crippen LogP contribution in [0.2, 0.25) is 0 Å². The van der Waals surface area contributed by atoms with Gasteiger partial charge in [0.15, 0.2) is 5.69 Å². The van der Waals surface area contributed by atoms with E-state index in [2.05, 4.69) is 19.4 Å². The maximum Gasteiger partial charge on any atom is 0.357 e. The van der Waals surface area contributed by atoms with Crippen molar-refractivity contribution in [1.29, 1.82) is 0 Å². The van der Waals surface area contributed by atoms with Crippen molar-refractivity contribution < 1.29 is 23.3 Å². The zero-order valence-electron chi connectivity index (χ0n) is 12.5. The molecular weight excluding hydrogens is 320 g/mol. The minimum Gasteiger partial charge on any atom is -0.465 e. The smallest absolute Gasteiger partial charge is 0.357 e. The van der Waals surface area contributed by atoms with E-state index in [9.17, 15) is 13.8 Å². The second-order valence-electron chi connectivity index (χ2n) is 4.33. The lowest BCUT2D eigenvalue weighted by atomic mass is 10.2. The lowest BCUT2D eigenvalue weighted by Gasteiger charge is -2.07. The van der Waals surface area contributed by atoms with Crippen LogP contribution >= 0.6 is 0 Å². The van der Waals surface area contributed by atoms with Crippen LogP contribution in [0.4, 0.5) is 0 Å². The maximum atomic E-state index is 12.3. The SMILES string of the molecule is COC(=O)c1cnc(CS(=O)c2ccccc2)nc1C(=O)OC. The Kier molecular flexibility index (Phi) is 5.53. The highest BCUT2D eigenvalue weighted by Crippen LogP contribution is 2.13. The number of carbonyl (C=O) groups is 2. The molecule has 2 aromatic rings. The van der Waals surface area contributed by atoms with E-state index in [4.69, 9.17) is 0 Å². The summed E-state index contributed by atoms with van der Waals surface area (Å²) in [4.78, 5) is 32.0. The van der Waals surface area contributed by atoms with Gasteiger partial charge >= 0.3 is 11.9 Å². The van der Waals surface area contributed by atoms with Crippen molar-refractivity contribution in [3.63, 3.8) is 0 Å². The van der Waals surface area contributed by atoms with Gasteiger partial charge in [0.1, 0.15) is 11.4 Å². The molecular formula is C15H14N2O5S. The number of methoxy groups -OCH3 is 2. The first-order valence-corrected chi connectivity index (χ1v) is 7.84. The molecule has 1 unspecified atom stereocenters. The summed E-state index contributed by atoms with van der Waals surface area (Å²) in [6.45, 7) is 0. The third-order valence-corrected chi connectivity index (χ3v) is 4.21. The highest BCUT2D eigenvalue weighted by molar-refractivity contribution is 7.84. The minimum atomic E-state index is -1.37. The maximum absolute atomic E-state index is 12.3. The van der Waals surface area contributed by atoms with Gasteiger partial charge in [-0.2, -0.15) is 0 Å². The van der Waals surface area contributed by atoms with Gasteiger partial charge in [-0.3, -0.25) is 4.21 Å². The zero-order chi connectivity index (χ0) is 16.8. The van der Waals surface area contributed by atoms with E-state index in [0.717, 1.165) is 0 Å². The van der Waals surface area contributed by atoms with Crippen molar-refractivity contribution in [2.75, 3.05) is 14.2 Å². The number of hydrogen-bond acceptors (Lipinski definition) is 7. The van der Waals surface area contributed by atoms with Gasteiger partial charge in [0.25, 0.3) is 0 Å². The fraction of sp³-hybridized carbons (Fsp3) is 0.200. The molecule has 1 aromatic carbocycles. The average molecular weight is 334 g/mol. The van der Waals surface area contributed by atoms with Gasteiger partial charge in [-0.1, -0.05) is 18.2 Å². The molecule has 7 nitrogen and oxygen atoms in total. The lowest BCUT2D eigenvalue weighted by Crippen LogP contribution is -2.17. The summed E-state index contributed by atoms with van der Waals surface area (Å²) >= 11 is 0. The van der Waals surface area contributed by atoms with Gasteiger partial charge in [0, 0.05) is 11.1 Å². The molecule has 0 spiro atoms. The predicted octanol–water partition coefficient (Wildman–Crippen LogP) is 1.36. The Morgan fingerprint density at radius 1 is 1.09 bits per heavy atom. The van der Waals surface area contributed by atoms with Crippen LogP contribution in [0, 0.1) is 0 Å². The van der Waals surface area contributed by atoms with Crippen molar-refractivity contribution >= 4 is 22.7 Å². The molecule has 0 aliphatic carbocycles. The van der Waals surface area contributed by atoms with E-state index in [0.29, 0.717) is 4.90 Å². The number of hydrogen-bond donors (Lipinski definition) is 0. The molecule has 0 bridgehead atoms. The minimum absolute atomic E-state index is 0.00939. The molecule has 1 aromatic heterocycles. The third kappa shape index (κ3) is 3.98. The Hall–Kier alpha value is -2.61. The molecule has 0 N–H and O–H groups in total. The van der Waals surface area contributed by atoms with Gasteiger partial charge < -0.3 is 9.47 Å². The summed E-state index contributed by atoms with van der Waals surface area (Å²) in [6, 6.07) is 8.81. The first-order chi connectivity index (χ1) is 11.1. The first kappa shape index (κ1) is 16.8. The first-order valence-electron chi connectivity index (χ1n) is 6.52. The zero-order valence-corrected chi connectivity index (χ0v) is 13.3. The Balaban J connectivity index is 2.32. The van der Waals surface area contributed by atoms with Crippen LogP contribution in [0.15, 0.2) is 41.4 Å². The topological polar surface area (TPSA) is 95.5 Å². The van der Waals surface area contributed by atoms with Gasteiger partial charge in [-0.05, 0) is 12.1 Å². The fourth-order valence-electron chi connectivity index (χ4n) is 1.77. The summed E-state index contributed by atoms with van der Waals surface area (Å²) in [6.07, 6.45) is 1.17. The van der Waals surface area contributed by atoms with E-state index < -0.39 is 22.7 Å². The Labute approximate surface area is 135 Å². The number of esters is 2. The summed E-state index contributed by atoms with van der Waals surface area (Å²) < 4.78 is 21.4. The molecule has 0 aliphatic rings. The number of rotatable bonds is 5. The quantitative estimate of drug-likeness (QED) is 0.762. The largest absolute Gasteiger partial charge is 0.465 e. The molecule has 0 aliphatic heterocycles. The van der Waals surface area contributed by atoms with Gasteiger partial charge in [-0.25, -0.2) is 19.6 Å². The van der Waals surface area contributed by atoms with Crippen LogP contribution in [-0.4, -0.2) is 40.3 Å². The molecule has 0 saturated carbocycles. The second-order valence-corrected chi connectivity index (χ2v) is 5.79. The number of ether oxygens (including phenoxy) is 2. The van der Waals surface area contributed by atoms with Crippen molar-refractivity contribution in [3.8, 4) is 0 Å². The van der Waals surface area contributed by atoms with E-state index in [1.54, 1.807) is 24.3 Å². The molecule has 2 rings (SSSR count). The number of benzene rings is 1. The summed E-state index contributed by atoms with van der Waals surface area (Å²) in [5, 5.41) is 0. The van der Waals surface area contributed by atoms with Crippen LogP contribution in [0.25, 0.3) is 0 Å². The van der Waals surface area contributed by atoms with Crippen LogP contribution in [0.5, 0.6) is 0 Å². The van der Waals surface area contributed by atoms with Crippen molar-refractivity contribution in [1.82, 2.24) is 9.97 Å². The molecule has 1 atom stereocenters. The lowest BCUT2D eigenvalue weighted by molar-refractivity contribution is 0.0548. The van der Waals surface area contributed by atoms with Crippen molar-refractivity contribution in [2.24, 2.45) is 0 Å². The van der Waals surface area contributed by atoms with Gasteiger partial charge in [0.05, 0.1) is 30.8 Å². The summed E-state index contributed by atoms with van der Waals surface area (Å²) in [5.41, 5.74) is -0.317. The molecule has 0 fully saturated rings. The van der Waals surface area contributed by atoms with Crippen LogP contribution < -0.4 is 0 Å².